The van der Waals surface area contributed by atoms with E-state index in [1.807, 2.05) is 60.7 Å². The number of hydrogen-bond acceptors (Lipinski definition) is 3. The predicted molar refractivity (Wildman–Crippen MR) is 117 cm³/mol. The molecular formula is C25H22N2O3. The van der Waals surface area contributed by atoms with Crippen LogP contribution in [0.1, 0.15) is 22.3 Å². The van der Waals surface area contributed by atoms with Crippen molar-refractivity contribution in [3.8, 4) is 5.75 Å². The SMILES string of the molecule is COc1cccc(C(Cc2c[nH]c(=O)[nH]c2=O)(c2ccccc2)c2ccccc2)c1. The molecule has 5 heteroatoms. The number of hydrogen-bond donors (Lipinski definition) is 2. The summed E-state index contributed by atoms with van der Waals surface area (Å²) in [5.41, 5.74) is 1.98. The number of nitrogens with one attached hydrogen (secondary N) is 2. The van der Waals surface area contributed by atoms with Crippen LogP contribution >= 0.6 is 0 Å². The second-order valence-electron chi connectivity index (χ2n) is 7.14. The molecule has 4 aromatic rings. The Bertz CT molecular complexity index is 1200. The third-order valence-electron chi connectivity index (χ3n) is 5.45. The Morgan fingerprint density at radius 1 is 0.800 bits per heavy atom. The van der Waals surface area contributed by atoms with Gasteiger partial charge < -0.3 is 9.72 Å². The van der Waals surface area contributed by atoms with E-state index in [0.717, 1.165) is 22.4 Å². The summed E-state index contributed by atoms with van der Waals surface area (Å²) in [6.07, 6.45) is 1.86. The molecule has 4 rings (SSSR count). The zero-order valence-electron chi connectivity index (χ0n) is 16.6. The fourth-order valence-corrected chi connectivity index (χ4v) is 3.99. The third kappa shape index (κ3) is 3.57. The first-order valence-electron chi connectivity index (χ1n) is 9.70. The molecule has 0 aliphatic heterocycles. The minimum atomic E-state index is -0.664. The molecule has 5 nitrogen and oxygen atoms in total. The van der Waals surface area contributed by atoms with E-state index in [2.05, 4.69) is 34.2 Å². The molecule has 150 valence electrons. The number of aromatic amines is 2. The number of rotatable bonds is 6. The van der Waals surface area contributed by atoms with Crippen LogP contribution in [-0.2, 0) is 11.8 Å². The molecule has 0 radical (unpaired) electrons. The number of benzene rings is 3. The highest BCUT2D eigenvalue weighted by Gasteiger charge is 2.37. The second kappa shape index (κ2) is 8.25. The van der Waals surface area contributed by atoms with Gasteiger partial charge in [0.05, 0.1) is 7.11 Å². The van der Waals surface area contributed by atoms with Gasteiger partial charge in [0.1, 0.15) is 5.75 Å². The van der Waals surface area contributed by atoms with Crippen LogP contribution in [-0.4, -0.2) is 17.1 Å². The molecule has 0 atom stereocenters. The van der Waals surface area contributed by atoms with Crippen molar-refractivity contribution >= 4 is 0 Å². The summed E-state index contributed by atoms with van der Waals surface area (Å²) in [4.78, 5) is 29.2. The second-order valence-corrected chi connectivity index (χ2v) is 7.14. The lowest BCUT2D eigenvalue weighted by molar-refractivity contribution is 0.413. The highest BCUT2D eigenvalue weighted by atomic mass is 16.5. The lowest BCUT2D eigenvalue weighted by atomic mass is 9.66. The average molecular weight is 398 g/mol. The summed E-state index contributed by atoms with van der Waals surface area (Å²) in [5.74, 6) is 0.735. The molecular weight excluding hydrogens is 376 g/mol. The van der Waals surface area contributed by atoms with Gasteiger partial charge in [0, 0.05) is 17.2 Å². The van der Waals surface area contributed by atoms with Crippen molar-refractivity contribution < 1.29 is 4.74 Å². The molecule has 1 heterocycles. The maximum absolute atomic E-state index is 12.6. The molecule has 0 saturated heterocycles. The van der Waals surface area contributed by atoms with E-state index < -0.39 is 16.7 Å². The fourth-order valence-electron chi connectivity index (χ4n) is 3.99. The zero-order valence-corrected chi connectivity index (χ0v) is 16.6. The largest absolute Gasteiger partial charge is 0.497 e. The van der Waals surface area contributed by atoms with Gasteiger partial charge in [0.15, 0.2) is 0 Å². The lowest BCUT2D eigenvalue weighted by Crippen LogP contribution is -2.36. The Hall–Kier alpha value is -3.86. The number of H-pyrrole nitrogens is 2. The van der Waals surface area contributed by atoms with E-state index in [1.54, 1.807) is 7.11 Å². The van der Waals surface area contributed by atoms with Gasteiger partial charge in [-0.05, 0) is 35.2 Å². The lowest BCUT2D eigenvalue weighted by Gasteiger charge is -2.36. The van der Waals surface area contributed by atoms with Gasteiger partial charge in [-0.3, -0.25) is 9.78 Å². The van der Waals surface area contributed by atoms with Crippen LogP contribution in [0.3, 0.4) is 0 Å². The van der Waals surface area contributed by atoms with Gasteiger partial charge in [-0.1, -0.05) is 72.8 Å². The first kappa shape index (κ1) is 19.5. The van der Waals surface area contributed by atoms with E-state index >= 15 is 0 Å². The Morgan fingerprint density at radius 3 is 1.97 bits per heavy atom. The molecule has 0 amide bonds. The van der Waals surface area contributed by atoms with Crippen molar-refractivity contribution in [1.82, 2.24) is 9.97 Å². The summed E-state index contributed by atoms with van der Waals surface area (Å²) < 4.78 is 5.50. The normalized spacial score (nSPS) is 11.2. The Kier molecular flexibility index (Phi) is 5.35. The van der Waals surface area contributed by atoms with Gasteiger partial charge >= 0.3 is 5.69 Å². The van der Waals surface area contributed by atoms with E-state index in [0.29, 0.717) is 12.0 Å². The molecule has 1 aromatic heterocycles. The van der Waals surface area contributed by atoms with Crippen LogP contribution in [0, 0.1) is 0 Å². The molecule has 0 saturated carbocycles. The van der Waals surface area contributed by atoms with Crippen molar-refractivity contribution in [3.63, 3.8) is 0 Å². The molecule has 0 aliphatic rings. The molecule has 3 aromatic carbocycles. The van der Waals surface area contributed by atoms with E-state index in [-0.39, 0.29) is 0 Å². The van der Waals surface area contributed by atoms with Crippen molar-refractivity contribution in [1.29, 1.82) is 0 Å². The Morgan fingerprint density at radius 2 is 1.40 bits per heavy atom. The minimum Gasteiger partial charge on any atom is -0.497 e. The first-order valence-corrected chi connectivity index (χ1v) is 9.70. The third-order valence-corrected chi connectivity index (χ3v) is 5.45. The first-order chi connectivity index (χ1) is 14.6. The topological polar surface area (TPSA) is 75.0 Å². The van der Waals surface area contributed by atoms with Crippen LogP contribution < -0.4 is 16.0 Å². The van der Waals surface area contributed by atoms with Crippen LogP contribution in [0.15, 0.2) is 101 Å². The van der Waals surface area contributed by atoms with Gasteiger partial charge in [0.2, 0.25) is 0 Å². The van der Waals surface area contributed by atoms with Crippen molar-refractivity contribution in [2.24, 2.45) is 0 Å². The predicted octanol–water partition coefficient (Wildman–Crippen LogP) is 3.65. The van der Waals surface area contributed by atoms with Gasteiger partial charge in [-0.15, -0.1) is 0 Å². The molecule has 0 spiro atoms. The van der Waals surface area contributed by atoms with E-state index in [9.17, 15) is 9.59 Å². The Balaban J connectivity index is 2.05. The van der Waals surface area contributed by atoms with Crippen LogP contribution in [0.25, 0.3) is 0 Å². The highest BCUT2D eigenvalue weighted by Crippen LogP contribution is 2.42. The van der Waals surface area contributed by atoms with Crippen molar-refractivity contribution in [2.75, 3.05) is 7.11 Å². The van der Waals surface area contributed by atoms with E-state index in [1.165, 1.54) is 6.20 Å². The summed E-state index contributed by atoms with van der Waals surface area (Å²) in [5, 5.41) is 0. The van der Waals surface area contributed by atoms with Crippen LogP contribution in [0.5, 0.6) is 5.75 Å². The molecule has 0 aliphatic carbocycles. The molecule has 30 heavy (non-hydrogen) atoms. The number of aromatic nitrogens is 2. The Labute approximate surface area is 174 Å². The quantitative estimate of drug-likeness (QED) is 0.487. The molecule has 2 N–H and O–H groups in total. The fraction of sp³-hybridized carbons (Fsp3) is 0.120. The van der Waals surface area contributed by atoms with Crippen molar-refractivity contribution in [2.45, 2.75) is 11.8 Å². The summed E-state index contributed by atoms with van der Waals surface area (Å²) >= 11 is 0. The standard InChI is InChI=1S/C25H22N2O3/c1-30-22-14-8-13-21(15-22)25(19-9-4-2-5-10-19,20-11-6-3-7-12-20)16-18-17-26-24(29)27-23(18)28/h2-15,17H,16H2,1H3,(H2,26,27,28,29). The number of ether oxygens (including phenoxy) is 1. The monoisotopic (exact) mass is 398 g/mol. The maximum Gasteiger partial charge on any atom is 0.325 e. The number of methoxy groups -OCH3 is 1. The average Bonchev–Trinajstić information content (AvgIpc) is 2.80. The highest BCUT2D eigenvalue weighted by molar-refractivity contribution is 5.53. The molecule has 0 fully saturated rings. The molecule has 0 unspecified atom stereocenters. The summed E-state index contributed by atoms with van der Waals surface area (Å²) in [6.45, 7) is 0. The van der Waals surface area contributed by atoms with Crippen LogP contribution in [0.4, 0.5) is 0 Å². The van der Waals surface area contributed by atoms with E-state index in [4.69, 9.17) is 4.74 Å². The van der Waals surface area contributed by atoms with Gasteiger partial charge in [-0.2, -0.15) is 0 Å². The summed E-state index contributed by atoms with van der Waals surface area (Å²) in [6, 6.07) is 28.0. The smallest absolute Gasteiger partial charge is 0.325 e. The van der Waals surface area contributed by atoms with Gasteiger partial charge in [-0.25, -0.2) is 4.79 Å². The summed E-state index contributed by atoms with van der Waals surface area (Å²) in [7, 11) is 1.64. The van der Waals surface area contributed by atoms with Gasteiger partial charge in [0.25, 0.3) is 5.56 Å². The maximum atomic E-state index is 12.6. The minimum absolute atomic E-state index is 0.361. The van der Waals surface area contributed by atoms with Crippen LogP contribution in [0.2, 0.25) is 0 Å². The zero-order chi connectivity index (χ0) is 21.0. The van der Waals surface area contributed by atoms with Crippen molar-refractivity contribution in [3.05, 3.63) is 134 Å². The molecule has 0 bridgehead atoms.